The molecule has 9 heteroatoms. The zero-order chi connectivity index (χ0) is 20.4. The standard InChI is InChI=1S/C15H14F4N2OS.C3H5F/c1-9(15(17,18)19)5-6-20-13(22)12-8-23-14(21-12)10-3-2-4-11(16)7-10;1-2-3-4/h2-5,7,12H,6,8H2,1H3,(H,20,22);2-3H,1H3/b9-5+;3-2+. The molecule has 0 fully saturated rings. The fourth-order valence-corrected chi connectivity index (χ4v) is 2.86. The summed E-state index contributed by atoms with van der Waals surface area (Å²) in [5.74, 6) is -0.471. The average Bonchev–Trinajstić information content (AvgIpc) is 3.11. The van der Waals surface area contributed by atoms with Crippen LogP contribution in [-0.4, -0.2) is 35.5 Å². The van der Waals surface area contributed by atoms with Crippen molar-refractivity contribution in [2.75, 3.05) is 12.3 Å². The van der Waals surface area contributed by atoms with Crippen LogP contribution in [0, 0.1) is 5.82 Å². The molecule has 2 rings (SSSR count). The molecule has 1 heterocycles. The van der Waals surface area contributed by atoms with Crippen molar-refractivity contribution < 1.29 is 26.7 Å². The van der Waals surface area contributed by atoms with Gasteiger partial charge in [0.05, 0.1) is 11.4 Å². The molecule has 148 valence electrons. The van der Waals surface area contributed by atoms with E-state index in [9.17, 15) is 26.7 Å². The lowest BCUT2D eigenvalue weighted by Gasteiger charge is -2.08. The number of halogens is 5. The number of alkyl halides is 3. The predicted octanol–water partition coefficient (Wildman–Crippen LogP) is 4.80. The van der Waals surface area contributed by atoms with Crippen LogP contribution in [0.25, 0.3) is 0 Å². The van der Waals surface area contributed by atoms with Gasteiger partial charge in [-0.2, -0.15) is 13.2 Å². The Morgan fingerprint density at radius 3 is 2.63 bits per heavy atom. The van der Waals surface area contributed by atoms with E-state index in [1.54, 1.807) is 19.1 Å². The number of carbonyl (C=O) groups is 1. The van der Waals surface area contributed by atoms with Crippen LogP contribution in [0.3, 0.4) is 0 Å². The Labute approximate surface area is 158 Å². The van der Waals surface area contributed by atoms with Crippen LogP contribution in [0.2, 0.25) is 0 Å². The largest absolute Gasteiger partial charge is 0.412 e. The molecule has 0 aliphatic carbocycles. The Kier molecular flexibility index (Phi) is 9.20. The number of benzene rings is 1. The topological polar surface area (TPSA) is 41.5 Å². The molecule has 1 amide bonds. The van der Waals surface area contributed by atoms with Crippen LogP contribution in [-0.2, 0) is 4.79 Å². The first-order valence-corrected chi connectivity index (χ1v) is 8.87. The molecule has 1 aromatic rings. The molecule has 1 aliphatic heterocycles. The molecular weight excluding hydrogens is 387 g/mol. The van der Waals surface area contributed by atoms with E-state index in [1.807, 2.05) is 0 Å². The molecule has 0 radical (unpaired) electrons. The van der Waals surface area contributed by atoms with Crippen LogP contribution in [0.15, 0.2) is 53.3 Å². The first kappa shape index (κ1) is 22.9. The van der Waals surface area contributed by atoms with Gasteiger partial charge in [-0.3, -0.25) is 9.79 Å². The lowest BCUT2D eigenvalue weighted by Crippen LogP contribution is -2.34. The van der Waals surface area contributed by atoms with Gasteiger partial charge in [0.25, 0.3) is 0 Å². The van der Waals surface area contributed by atoms with Crippen molar-refractivity contribution in [2.24, 2.45) is 4.99 Å². The molecule has 0 bridgehead atoms. The summed E-state index contributed by atoms with van der Waals surface area (Å²) in [5, 5.41) is 2.95. The number of nitrogens with zero attached hydrogens (tertiary/aromatic N) is 1. The molecule has 1 aromatic carbocycles. The molecular formula is C18H19F5N2OS. The first-order valence-electron chi connectivity index (χ1n) is 7.88. The van der Waals surface area contributed by atoms with Crippen molar-refractivity contribution in [3.8, 4) is 0 Å². The molecule has 1 aliphatic rings. The van der Waals surface area contributed by atoms with Gasteiger partial charge in [-0.15, -0.1) is 11.8 Å². The molecule has 0 spiro atoms. The Morgan fingerprint density at radius 2 is 2.07 bits per heavy atom. The van der Waals surface area contributed by atoms with Crippen molar-refractivity contribution in [2.45, 2.75) is 26.1 Å². The van der Waals surface area contributed by atoms with Gasteiger partial charge in [-0.05, 0) is 26.0 Å². The highest BCUT2D eigenvalue weighted by molar-refractivity contribution is 8.14. The number of thioether (sulfide) groups is 1. The van der Waals surface area contributed by atoms with Crippen molar-refractivity contribution in [3.05, 3.63) is 59.7 Å². The lowest BCUT2D eigenvalue weighted by atomic mass is 10.2. The van der Waals surface area contributed by atoms with Gasteiger partial charge in [0, 0.05) is 23.4 Å². The third-order valence-electron chi connectivity index (χ3n) is 3.28. The highest BCUT2D eigenvalue weighted by Crippen LogP contribution is 2.25. The summed E-state index contributed by atoms with van der Waals surface area (Å²) in [6, 6.07) is 5.18. The second kappa shape index (κ2) is 10.9. The minimum atomic E-state index is -4.39. The Bertz CT molecular complexity index is 725. The highest BCUT2D eigenvalue weighted by Gasteiger charge is 2.30. The van der Waals surface area contributed by atoms with Crippen LogP contribution in [0.1, 0.15) is 19.4 Å². The Morgan fingerprint density at radius 1 is 1.41 bits per heavy atom. The summed E-state index contributed by atoms with van der Waals surface area (Å²) in [4.78, 5) is 16.1. The van der Waals surface area contributed by atoms with Crippen molar-refractivity contribution >= 4 is 22.7 Å². The zero-order valence-corrected chi connectivity index (χ0v) is 15.5. The number of amides is 1. The maximum absolute atomic E-state index is 13.2. The molecule has 0 saturated heterocycles. The maximum atomic E-state index is 13.2. The summed E-state index contributed by atoms with van der Waals surface area (Å²) in [6.45, 7) is 2.36. The third kappa shape index (κ3) is 7.94. The molecule has 0 aromatic heterocycles. The second-order valence-corrected chi connectivity index (χ2v) is 6.37. The molecule has 1 unspecified atom stereocenters. The summed E-state index contributed by atoms with van der Waals surface area (Å²) in [6.07, 6.45) is -1.65. The third-order valence-corrected chi connectivity index (χ3v) is 4.38. The van der Waals surface area contributed by atoms with E-state index in [2.05, 4.69) is 10.3 Å². The minimum absolute atomic E-state index is 0.212. The van der Waals surface area contributed by atoms with Crippen molar-refractivity contribution in [1.82, 2.24) is 5.32 Å². The number of carbonyl (C=O) groups excluding carboxylic acids is 1. The number of hydrogen-bond acceptors (Lipinski definition) is 3. The maximum Gasteiger partial charge on any atom is 0.412 e. The predicted molar refractivity (Wildman–Crippen MR) is 97.9 cm³/mol. The van der Waals surface area contributed by atoms with Crippen LogP contribution in [0.5, 0.6) is 0 Å². The first-order chi connectivity index (χ1) is 12.7. The van der Waals surface area contributed by atoms with E-state index >= 15 is 0 Å². The smallest absolute Gasteiger partial charge is 0.351 e. The molecule has 1 N–H and O–H groups in total. The van der Waals surface area contributed by atoms with E-state index < -0.39 is 29.5 Å². The lowest BCUT2D eigenvalue weighted by molar-refractivity contribution is -0.121. The number of aliphatic imine (C=N–C) groups is 1. The van der Waals surface area contributed by atoms with Gasteiger partial charge < -0.3 is 5.32 Å². The summed E-state index contributed by atoms with van der Waals surface area (Å²) in [7, 11) is 0. The van der Waals surface area contributed by atoms with Gasteiger partial charge in [0.1, 0.15) is 11.9 Å². The van der Waals surface area contributed by atoms with Crippen molar-refractivity contribution in [1.29, 1.82) is 0 Å². The van der Waals surface area contributed by atoms with Gasteiger partial charge in [0.2, 0.25) is 5.91 Å². The Balaban J connectivity index is 0.000000828. The van der Waals surface area contributed by atoms with Gasteiger partial charge in [-0.25, -0.2) is 8.78 Å². The van der Waals surface area contributed by atoms with E-state index in [1.165, 1.54) is 30.0 Å². The summed E-state index contributed by atoms with van der Waals surface area (Å²) in [5.41, 5.74) is -0.180. The van der Waals surface area contributed by atoms with Gasteiger partial charge in [0.15, 0.2) is 0 Å². The normalized spacial score (nSPS) is 17.4. The zero-order valence-electron chi connectivity index (χ0n) is 14.7. The second-order valence-electron chi connectivity index (χ2n) is 5.36. The molecule has 0 saturated carbocycles. The summed E-state index contributed by atoms with van der Waals surface area (Å²) < 4.78 is 60.6. The SMILES string of the molecule is C/C(=C\CNC(=O)C1CSC(c2cccc(F)c2)=N1)C(F)(F)F.C/C=C/F. The van der Waals surface area contributed by atoms with Crippen LogP contribution in [0.4, 0.5) is 22.0 Å². The van der Waals surface area contributed by atoms with Gasteiger partial charge >= 0.3 is 6.18 Å². The van der Waals surface area contributed by atoms with Crippen molar-refractivity contribution in [3.63, 3.8) is 0 Å². The van der Waals surface area contributed by atoms with Crippen LogP contribution >= 0.6 is 11.8 Å². The monoisotopic (exact) mass is 406 g/mol. The fourth-order valence-electron chi connectivity index (χ4n) is 1.83. The summed E-state index contributed by atoms with van der Waals surface area (Å²) >= 11 is 1.31. The van der Waals surface area contributed by atoms with E-state index in [0.29, 0.717) is 22.7 Å². The molecule has 3 nitrogen and oxygen atoms in total. The quantitative estimate of drug-likeness (QED) is 0.576. The van der Waals surface area contributed by atoms with E-state index in [-0.39, 0.29) is 6.54 Å². The van der Waals surface area contributed by atoms with E-state index in [4.69, 9.17) is 0 Å². The number of hydrogen-bond donors (Lipinski definition) is 1. The molecule has 27 heavy (non-hydrogen) atoms. The average molecular weight is 406 g/mol. The minimum Gasteiger partial charge on any atom is -0.351 e. The highest BCUT2D eigenvalue weighted by atomic mass is 32.2. The number of nitrogens with one attached hydrogen (secondary N) is 1. The molecule has 1 atom stereocenters. The number of rotatable bonds is 4. The van der Waals surface area contributed by atoms with E-state index in [0.717, 1.165) is 13.0 Å². The number of allylic oxidation sites excluding steroid dienone is 2. The Hall–Kier alpha value is -2.16. The van der Waals surface area contributed by atoms with Crippen LogP contribution < -0.4 is 5.32 Å². The fraction of sp³-hybridized carbons (Fsp3) is 0.333. The van der Waals surface area contributed by atoms with Gasteiger partial charge in [-0.1, -0.05) is 24.3 Å².